The number of phenolic OH excluding ortho intramolecular Hbond substituents is 2. The van der Waals surface area contributed by atoms with Gasteiger partial charge in [-0.1, -0.05) is 0 Å². The number of carbonyl (C=O) groups excluding carboxylic acids is 1. The van der Waals surface area contributed by atoms with E-state index in [-0.39, 0.29) is 11.1 Å². The highest BCUT2D eigenvalue weighted by Gasteiger charge is 2.13. The molecular weight excluding hydrogens is 186 g/mol. The summed E-state index contributed by atoms with van der Waals surface area (Å²) in [5, 5.41) is 26.8. The van der Waals surface area contributed by atoms with Gasteiger partial charge in [0.1, 0.15) is 6.07 Å². The van der Waals surface area contributed by atoms with Crippen molar-refractivity contribution in [2.24, 2.45) is 0 Å². The van der Waals surface area contributed by atoms with Crippen molar-refractivity contribution >= 4 is 5.97 Å². The van der Waals surface area contributed by atoms with E-state index in [1.165, 1.54) is 7.11 Å². The van der Waals surface area contributed by atoms with Crippen LogP contribution in [-0.2, 0) is 4.74 Å². The van der Waals surface area contributed by atoms with Crippen LogP contribution in [0, 0.1) is 11.3 Å². The number of benzene rings is 1. The highest BCUT2D eigenvalue weighted by atomic mass is 16.5. The summed E-state index contributed by atoms with van der Waals surface area (Å²) in [6.07, 6.45) is 0. The minimum atomic E-state index is -0.684. The predicted molar refractivity (Wildman–Crippen MR) is 45.8 cm³/mol. The molecule has 0 spiro atoms. The van der Waals surface area contributed by atoms with Crippen molar-refractivity contribution in [1.82, 2.24) is 0 Å². The number of methoxy groups -OCH3 is 1. The van der Waals surface area contributed by atoms with Gasteiger partial charge in [-0.2, -0.15) is 5.26 Å². The van der Waals surface area contributed by atoms with E-state index < -0.39 is 17.5 Å². The van der Waals surface area contributed by atoms with Gasteiger partial charge in [0, 0.05) is 0 Å². The second-order valence-electron chi connectivity index (χ2n) is 2.49. The van der Waals surface area contributed by atoms with E-state index in [1.807, 2.05) is 0 Å². The van der Waals surface area contributed by atoms with Crippen molar-refractivity contribution in [3.63, 3.8) is 0 Å². The molecule has 0 atom stereocenters. The fourth-order valence-corrected chi connectivity index (χ4v) is 0.940. The van der Waals surface area contributed by atoms with Crippen LogP contribution in [0.25, 0.3) is 0 Å². The van der Waals surface area contributed by atoms with E-state index in [9.17, 15) is 4.79 Å². The van der Waals surface area contributed by atoms with Crippen molar-refractivity contribution < 1.29 is 19.7 Å². The zero-order chi connectivity index (χ0) is 10.7. The third-order valence-corrected chi connectivity index (χ3v) is 1.63. The Hall–Kier alpha value is -2.22. The number of ether oxygens (including phenoxy) is 1. The van der Waals surface area contributed by atoms with E-state index in [2.05, 4.69) is 4.74 Å². The maximum atomic E-state index is 11.0. The maximum Gasteiger partial charge on any atom is 0.338 e. The Kier molecular flexibility index (Phi) is 2.58. The number of esters is 1. The second-order valence-corrected chi connectivity index (χ2v) is 2.49. The molecule has 0 bridgehead atoms. The minimum absolute atomic E-state index is 0.0133. The predicted octanol–water partition coefficient (Wildman–Crippen LogP) is 0.756. The first-order valence-corrected chi connectivity index (χ1v) is 3.64. The molecule has 1 aromatic carbocycles. The Morgan fingerprint density at radius 1 is 1.50 bits per heavy atom. The lowest BCUT2D eigenvalue weighted by atomic mass is 10.1. The van der Waals surface area contributed by atoms with Crippen LogP contribution in [0.2, 0.25) is 0 Å². The lowest BCUT2D eigenvalue weighted by Crippen LogP contribution is -2.01. The molecule has 14 heavy (non-hydrogen) atoms. The Balaban J connectivity index is 3.32. The molecule has 1 aromatic rings. The lowest BCUT2D eigenvalue weighted by Gasteiger charge is -2.03. The standard InChI is InChI=1S/C9H7NO4/c1-14-9(13)5-2-6(4-10)8(12)7(11)3-5/h2-3,11-12H,1H3. The third-order valence-electron chi connectivity index (χ3n) is 1.63. The Morgan fingerprint density at radius 3 is 2.64 bits per heavy atom. The number of phenols is 2. The Labute approximate surface area is 79.8 Å². The molecule has 0 saturated heterocycles. The van der Waals surface area contributed by atoms with Crippen LogP contribution in [0.1, 0.15) is 15.9 Å². The van der Waals surface area contributed by atoms with Gasteiger partial charge in [-0.25, -0.2) is 4.79 Å². The summed E-state index contributed by atoms with van der Waals surface area (Å²) in [4.78, 5) is 11.0. The zero-order valence-corrected chi connectivity index (χ0v) is 7.31. The van der Waals surface area contributed by atoms with Gasteiger partial charge < -0.3 is 14.9 Å². The fraction of sp³-hybridized carbons (Fsp3) is 0.111. The average molecular weight is 193 g/mol. The molecular formula is C9H7NO4. The van der Waals surface area contributed by atoms with Gasteiger partial charge in [0.2, 0.25) is 0 Å². The molecule has 0 radical (unpaired) electrons. The van der Waals surface area contributed by atoms with E-state index in [4.69, 9.17) is 15.5 Å². The number of aromatic hydroxyl groups is 2. The second kappa shape index (κ2) is 3.66. The van der Waals surface area contributed by atoms with Gasteiger partial charge in [-0.05, 0) is 12.1 Å². The van der Waals surface area contributed by atoms with Gasteiger partial charge in [0.05, 0.1) is 18.2 Å². The molecule has 1 rings (SSSR count). The number of rotatable bonds is 1. The molecule has 0 aromatic heterocycles. The SMILES string of the molecule is COC(=O)c1cc(O)c(O)c(C#N)c1. The first-order chi connectivity index (χ1) is 6.60. The van der Waals surface area contributed by atoms with Gasteiger partial charge >= 0.3 is 5.97 Å². The van der Waals surface area contributed by atoms with Crippen molar-refractivity contribution in [3.8, 4) is 17.6 Å². The summed E-state index contributed by atoms with van der Waals surface area (Å²) >= 11 is 0. The molecule has 0 aliphatic carbocycles. The van der Waals surface area contributed by atoms with Crippen LogP contribution < -0.4 is 0 Å². The summed E-state index contributed by atoms with van der Waals surface area (Å²) in [6.45, 7) is 0. The Morgan fingerprint density at radius 2 is 2.14 bits per heavy atom. The molecule has 5 heteroatoms. The number of hydrogen-bond acceptors (Lipinski definition) is 5. The van der Waals surface area contributed by atoms with Crippen LogP contribution in [0.3, 0.4) is 0 Å². The molecule has 0 unspecified atom stereocenters. The zero-order valence-electron chi connectivity index (χ0n) is 7.31. The lowest BCUT2D eigenvalue weighted by molar-refractivity contribution is 0.0600. The van der Waals surface area contributed by atoms with Crippen LogP contribution >= 0.6 is 0 Å². The van der Waals surface area contributed by atoms with E-state index in [1.54, 1.807) is 6.07 Å². The van der Waals surface area contributed by atoms with Crippen molar-refractivity contribution in [3.05, 3.63) is 23.3 Å². The van der Waals surface area contributed by atoms with E-state index >= 15 is 0 Å². The quantitative estimate of drug-likeness (QED) is 0.507. The smallest absolute Gasteiger partial charge is 0.338 e. The molecule has 0 aliphatic heterocycles. The maximum absolute atomic E-state index is 11.0. The average Bonchev–Trinajstić information content (AvgIpc) is 2.20. The van der Waals surface area contributed by atoms with Gasteiger partial charge in [-0.15, -0.1) is 0 Å². The van der Waals surface area contributed by atoms with Gasteiger partial charge in [0.15, 0.2) is 11.5 Å². The third kappa shape index (κ3) is 1.59. The van der Waals surface area contributed by atoms with E-state index in [0.717, 1.165) is 12.1 Å². The van der Waals surface area contributed by atoms with Crippen LogP contribution in [0.15, 0.2) is 12.1 Å². The van der Waals surface area contributed by atoms with Crippen LogP contribution in [0.4, 0.5) is 0 Å². The molecule has 2 N–H and O–H groups in total. The molecule has 0 heterocycles. The van der Waals surface area contributed by atoms with Crippen molar-refractivity contribution in [1.29, 1.82) is 5.26 Å². The summed E-state index contributed by atoms with van der Waals surface area (Å²) in [5.41, 5.74) is -0.162. The fourth-order valence-electron chi connectivity index (χ4n) is 0.940. The number of nitrogens with zero attached hydrogens (tertiary/aromatic N) is 1. The van der Waals surface area contributed by atoms with E-state index in [0.29, 0.717) is 0 Å². The molecule has 0 aliphatic rings. The summed E-state index contributed by atoms with van der Waals surface area (Å²) in [5.74, 6) is -1.75. The molecule has 72 valence electrons. The highest BCUT2D eigenvalue weighted by Crippen LogP contribution is 2.29. The summed E-state index contributed by atoms with van der Waals surface area (Å²) in [7, 11) is 1.18. The highest BCUT2D eigenvalue weighted by molar-refractivity contribution is 5.90. The number of nitriles is 1. The van der Waals surface area contributed by atoms with Crippen LogP contribution in [-0.4, -0.2) is 23.3 Å². The van der Waals surface area contributed by atoms with Gasteiger partial charge in [-0.3, -0.25) is 0 Å². The summed E-state index contributed by atoms with van der Waals surface area (Å²) in [6, 6.07) is 3.81. The minimum Gasteiger partial charge on any atom is -0.504 e. The Bertz CT molecular complexity index is 420. The monoisotopic (exact) mass is 193 g/mol. The molecule has 0 saturated carbocycles. The number of carbonyl (C=O) groups is 1. The first kappa shape index (κ1) is 9.86. The molecule has 0 amide bonds. The van der Waals surface area contributed by atoms with Gasteiger partial charge in [0.25, 0.3) is 0 Å². The molecule has 0 fully saturated rings. The number of hydrogen-bond donors (Lipinski definition) is 2. The molecule has 5 nitrogen and oxygen atoms in total. The topological polar surface area (TPSA) is 90.6 Å². The van der Waals surface area contributed by atoms with Crippen molar-refractivity contribution in [2.75, 3.05) is 7.11 Å². The first-order valence-electron chi connectivity index (χ1n) is 3.64. The van der Waals surface area contributed by atoms with Crippen LogP contribution in [0.5, 0.6) is 11.5 Å². The largest absolute Gasteiger partial charge is 0.504 e. The summed E-state index contributed by atoms with van der Waals surface area (Å²) < 4.78 is 4.39. The normalized spacial score (nSPS) is 9.14. The van der Waals surface area contributed by atoms with Crippen molar-refractivity contribution in [2.45, 2.75) is 0 Å².